The molecule has 2 aliphatic heterocycles. The van der Waals surface area contributed by atoms with Crippen molar-refractivity contribution in [2.75, 3.05) is 46.4 Å². The number of nitrogens with zero attached hydrogens (tertiary/aromatic N) is 3. The molecular formula is C12H25N3O3S. The summed E-state index contributed by atoms with van der Waals surface area (Å²) in [7, 11) is -1.35. The maximum Gasteiger partial charge on any atom is 0.282 e. The quantitative estimate of drug-likeness (QED) is 0.766. The second-order valence-corrected chi connectivity index (χ2v) is 7.66. The summed E-state index contributed by atoms with van der Waals surface area (Å²) in [5.74, 6) is 0.0892. The van der Waals surface area contributed by atoms with Crippen LogP contribution in [0.15, 0.2) is 0 Å². The molecule has 0 aliphatic carbocycles. The summed E-state index contributed by atoms with van der Waals surface area (Å²) in [6.45, 7) is 5.18. The van der Waals surface area contributed by atoms with Gasteiger partial charge < -0.3 is 10.0 Å². The lowest BCUT2D eigenvalue weighted by molar-refractivity contribution is 0.139. The molecule has 0 amide bonds. The first kappa shape index (κ1) is 15.2. The van der Waals surface area contributed by atoms with Crippen LogP contribution >= 0.6 is 0 Å². The number of piperazine rings is 1. The Hall–Kier alpha value is -0.210. The number of aliphatic hydroxyl groups is 1. The van der Waals surface area contributed by atoms with Gasteiger partial charge in [-0.1, -0.05) is 0 Å². The summed E-state index contributed by atoms with van der Waals surface area (Å²) in [6, 6.07) is 0.0123. The Kier molecular flexibility index (Phi) is 4.84. The standard InChI is InChI=1S/C12H25N3O3S/c1-11-8-13(2)6-7-15(11)19(17,18)14-5-3-4-12(9-14)10-16/h11-12,16H,3-10H2,1-2H3. The minimum Gasteiger partial charge on any atom is -0.396 e. The predicted octanol–water partition coefficient (Wildman–Crippen LogP) is -0.429. The van der Waals surface area contributed by atoms with E-state index in [1.165, 1.54) is 0 Å². The fourth-order valence-electron chi connectivity index (χ4n) is 3.00. The van der Waals surface area contributed by atoms with Crippen molar-refractivity contribution in [2.45, 2.75) is 25.8 Å². The van der Waals surface area contributed by atoms with Gasteiger partial charge in [0.05, 0.1) is 0 Å². The summed E-state index contributed by atoms with van der Waals surface area (Å²) < 4.78 is 28.5. The highest BCUT2D eigenvalue weighted by atomic mass is 32.2. The van der Waals surface area contributed by atoms with Crippen LogP contribution in [0.3, 0.4) is 0 Å². The zero-order valence-corrected chi connectivity index (χ0v) is 12.6. The maximum atomic E-state index is 12.7. The Morgan fingerprint density at radius 3 is 2.58 bits per heavy atom. The molecule has 7 heteroatoms. The van der Waals surface area contributed by atoms with Crippen LogP contribution in [0.25, 0.3) is 0 Å². The minimum atomic E-state index is -3.37. The molecule has 1 N–H and O–H groups in total. The van der Waals surface area contributed by atoms with E-state index >= 15 is 0 Å². The van der Waals surface area contributed by atoms with E-state index < -0.39 is 10.2 Å². The van der Waals surface area contributed by atoms with Crippen LogP contribution in [0.1, 0.15) is 19.8 Å². The Bertz CT molecular complexity index is 401. The molecule has 6 nitrogen and oxygen atoms in total. The SMILES string of the molecule is CC1CN(C)CCN1S(=O)(=O)N1CCCC(CO)C1. The zero-order chi connectivity index (χ0) is 14.0. The lowest BCUT2D eigenvalue weighted by Gasteiger charge is -2.41. The Labute approximate surface area is 116 Å². The van der Waals surface area contributed by atoms with Crippen molar-refractivity contribution >= 4 is 10.2 Å². The van der Waals surface area contributed by atoms with Crippen LogP contribution in [0.4, 0.5) is 0 Å². The lowest BCUT2D eigenvalue weighted by atomic mass is 10.0. The highest BCUT2D eigenvalue weighted by Gasteiger charge is 2.37. The molecule has 2 aliphatic rings. The molecule has 112 valence electrons. The number of aliphatic hydroxyl groups excluding tert-OH is 1. The van der Waals surface area contributed by atoms with Crippen molar-refractivity contribution in [1.82, 2.24) is 13.5 Å². The smallest absolute Gasteiger partial charge is 0.282 e. The molecule has 0 aromatic rings. The maximum absolute atomic E-state index is 12.7. The average molecular weight is 291 g/mol. The van der Waals surface area contributed by atoms with E-state index in [9.17, 15) is 13.5 Å². The molecule has 0 aromatic heterocycles. The molecular weight excluding hydrogens is 266 g/mol. The number of rotatable bonds is 3. The van der Waals surface area contributed by atoms with E-state index in [0.29, 0.717) is 19.6 Å². The molecule has 2 heterocycles. The third kappa shape index (κ3) is 3.28. The normalized spacial score (nSPS) is 32.6. The van der Waals surface area contributed by atoms with E-state index in [0.717, 1.165) is 25.9 Å². The first-order valence-corrected chi connectivity index (χ1v) is 8.41. The van der Waals surface area contributed by atoms with Gasteiger partial charge in [0.15, 0.2) is 0 Å². The zero-order valence-electron chi connectivity index (χ0n) is 11.8. The van der Waals surface area contributed by atoms with Gasteiger partial charge in [0.2, 0.25) is 0 Å². The summed E-state index contributed by atoms with van der Waals surface area (Å²) in [6.07, 6.45) is 1.76. The highest BCUT2D eigenvalue weighted by Crippen LogP contribution is 2.23. The van der Waals surface area contributed by atoms with Crippen LogP contribution in [0.5, 0.6) is 0 Å². The average Bonchev–Trinajstić information content (AvgIpc) is 2.38. The van der Waals surface area contributed by atoms with Gasteiger partial charge in [0.25, 0.3) is 10.2 Å². The topological polar surface area (TPSA) is 64.1 Å². The van der Waals surface area contributed by atoms with Gasteiger partial charge in [-0.25, -0.2) is 0 Å². The van der Waals surface area contributed by atoms with Crippen LogP contribution < -0.4 is 0 Å². The van der Waals surface area contributed by atoms with Crippen LogP contribution in [0, 0.1) is 5.92 Å². The van der Waals surface area contributed by atoms with Gasteiger partial charge in [-0.2, -0.15) is 17.0 Å². The highest BCUT2D eigenvalue weighted by molar-refractivity contribution is 7.86. The number of hydrogen-bond acceptors (Lipinski definition) is 4. The Morgan fingerprint density at radius 2 is 1.95 bits per heavy atom. The fourth-order valence-corrected chi connectivity index (χ4v) is 4.89. The molecule has 2 rings (SSSR count). The molecule has 0 spiro atoms. The molecule has 2 unspecified atom stereocenters. The van der Waals surface area contributed by atoms with Crippen molar-refractivity contribution < 1.29 is 13.5 Å². The van der Waals surface area contributed by atoms with Crippen molar-refractivity contribution in [1.29, 1.82) is 0 Å². The molecule has 2 saturated heterocycles. The van der Waals surface area contributed by atoms with Gasteiger partial charge in [0, 0.05) is 45.4 Å². The molecule has 0 aromatic carbocycles. The Morgan fingerprint density at radius 1 is 1.21 bits per heavy atom. The molecule has 0 bridgehead atoms. The van der Waals surface area contributed by atoms with Crippen molar-refractivity contribution in [3.63, 3.8) is 0 Å². The third-order valence-electron chi connectivity index (χ3n) is 4.13. The largest absolute Gasteiger partial charge is 0.396 e. The molecule has 2 atom stereocenters. The van der Waals surface area contributed by atoms with Gasteiger partial charge in [-0.15, -0.1) is 0 Å². The van der Waals surface area contributed by atoms with Crippen molar-refractivity contribution in [3.8, 4) is 0 Å². The number of piperidine rings is 1. The Balaban J connectivity index is 2.08. The molecule has 0 saturated carbocycles. The number of likely N-dealkylation sites (N-methyl/N-ethyl adjacent to an activating group) is 1. The summed E-state index contributed by atoms with van der Waals surface area (Å²) >= 11 is 0. The van der Waals surface area contributed by atoms with Gasteiger partial charge in [-0.3, -0.25) is 0 Å². The van der Waals surface area contributed by atoms with Gasteiger partial charge in [0.1, 0.15) is 0 Å². The monoisotopic (exact) mass is 291 g/mol. The van der Waals surface area contributed by atoms with Crippen molar-refractivity contribution in [2.24, 2.45) is 5.92 Å². The van der Waals surface area contributed by atoms with E-state index in [1.54, 1.807) is 8.61 Å². The summed E-state index contributed by atoms with van der Waals surface area (Å²) in [5.41, 5.74) is 0. The van der Waals surface area contributed by atoms with Crippen LogP contribution in [-0.2, 0) is 10.2 Å². The van der Waals surface area contributed by atoms with E-state index in [-0.39, 0.29) is 18.6 Å². The van der Waals surface area contributed by atoms with Crippen molar-refractivity contribution in [3.05, 3.63) is 0 Å². The van der Waals surface area contributed by atoms with E-state index in [4.69, 9.17) is 0 Å². The van der Waals surface area contributed by atoms with Gasteiger partial charge >= 0.3 is 0 Å². The molecule has 2 fully saturated rings. The summed E-state index contributed by atoms with van der Waals surface area (Å²) in [4.78, 5) is 2.16. The number of hydrogen-bond donors (Lipinski definition) is 1. The van der Waals surface area contributed by atoms with Gasteiger partial charge in [-0.05, 0) is 32.7 Å². The molecule has 19 heavy (non-hydrogen) atoms. The molecule has 0 radical (unpaired) electrons. The minimum absolute atomic E-state index is 0.0123. The second-order valence-electron chi connectivity index (χ2n) is 5.78. The lowest BCUT2D eigenvalue weighted by Crippen LogP contribution is -2.57. The van der Waals surface area contributed by atoms with Crippen LogP contribution in [-0.4, -0.2) is 79.5 Å². The van der Waals surface area contributed by atoms with E-state index in [2.05, 4.69) is 4.90 Å². The second kappa shape index (κ2) is 6.05. The van der Waals surface area contributed by atoms with E-state index in [1.807, 2.05) is 14.0 Å². The third-order valence-corrected chi connectivity index (χ3v) is 6.25. The fraction of sp³-hybridized carbons (Fsp3) is 1.00. The first-order valence-electron chi connectivity index (χ1n) is 7.01. The van der Waals surface area contributed by atoms with Crippen LogP contribution in [0.2, 0.25) is 0 Å². The first-order chi connectivity index (χ1) is 8.95. The predicted molar refractivity (Wildman–Crippen MR) is 74.0 cm³/mol. The summed E-state index contributed by atoms with van der Waals surface area (Å²) in [5, 5.41) is 9.23.